The molecule has 2 atom stereocenters. The van der Waals surface area contributed by atoms with Crippen molar-refractivity contribution in [1.82, 2.24) is 14.5 Å². The number of sulfonamides is 1. The minimum Gasteiger partial charge on any atom is -0.350 e. The number of benzene rings is 1. The zero-order valence-electron chi connectivity index (χ0n) is 18.6. The first-order valence-electron chi connectivity index (χ1n) is 11.0. The van der Waals surface area contributed by atoms with Crippen LogP contribution in [0.2, 0.25) is 0 Å². The Kier molecular flexibility index (Phi) is 8.27. The van der Waals surface area contributed by atoms with Gasteiger partial charge in [0.25, 0.3) is 5.91 Å². The Balaban J connectivity index is 1.68. The molecule has 0 radical (unpaired) electrons. The zero-order valence-corrected chi connectivity index (χ0v) is 20.2. The van der Waals surface area contributed by atoms with Gasteiger partial charge in [0.1, 0.15) is 0 Å². The van der Waals surface area contributed by atoms with Crippen LogP contribution in [-0.2, 0) is 10.0 Å². The number of rotatable bonds is 9. The maximum absolute atomic E-state index is 13.0. The van der Waals surface area contributed by atoms with Gasteiger partial charge in [0.2, 0.25) is 10.0 Å². The molecule has 1 aliphatic rings. The van der Waals surface area contributed by atoms with Crippen LogP contribution in [0.5, 0.6) is 0 Å². The molecule has 1 N–H and O–H groups in total. The second-order valence-corrected chi connectivity index (χ2v) is 10.7. The molecule has 0 aliphatic carbocycles. The molecule has 1 aromatic heterocycles. The van der Waals surface area contributed by atoms with Gasteiger partial charge in [-0.3, -0.25) is 9.69 Å². The Morgan fingerprint density at radius 1 is 1.19 bits per heavy atom. The maximum atomic E-state index is 13.0. The predicted octanol–water partition coefficient (Wildman–Crippen LogP) is 4.12. The van der Waals surface area contributed by atoms with Gasteiger partial charge in [-0.05, 0) is 79.5 Å². The SMILES string of the molecule is CCN(CC)[C@H](CNC(=O)c1ccc(S(=O)(=O)N2CCCC[C@H]2C)cc1)c1ccsc1. The second-order valence-electron chi connectivity index (χ2n) is 7.99. The van der Waals surface area contributed by atoms with Crippen LogP contribution < -0.4 is 5.32 Å². The van der Waals surface area contributed by atoms with Crippen molar-refractivity contribution < 1.29 is 13.2 Å². The molecule has 6 nitrogen and oxygen atoms in total. The molecule has 2 aromatic rings. The number of nitrogens with zero attached hydrogens (tertiary/aromatic N) is 2. The highest BCUT2D eigenvalue weighted by Gasteiger charge is 2.31. The van der Waals surface area contributed by atoms with Crippen LogP contribution in [0.15, 0.2) is 46.0 Å². The summed E-state index contributed by atoms with van der Waals surface area (Å²) < 4.78 is 27.6. The lowest BCUT2D eigenvalue weighted by Crippen LogP contribution is -2.41. The zero-order chi connectivity index (χ0) is 22.4. The third kappa shape index (κ3) is 5.55. The van der Waals surface area contributed by atoms with E-state index in [-0.39, 0.29) is 22.9 Å². The van der Waals surface area contributed by atoms with Gasteiger partial charge in [0, 0.05) is 24.7 Å². The van der Waals surface area contributed by atoms with Gasteiger partial charge >= 0.3 is 0 Å². The number of nitrogens with one attached hydrogen (secondary N) is 1. The monoisotopic (exact) mass is 463 g/mol. The molecule has 0 spiro atoms. The summed E-state index contributed by atoms with van der Waals surface area (Å²) in [6, 6.07) is 8.53. The van der Waals surface area contributed by atoms with E-state index in [1.807, 2.05) is 6.92 Å². The number of piperidine rings is 1. The number of carbonyl (C=O) groups excluding carboxylic acids is 1. The van der Waals surface area contributed by atoms with Crippen molar-refractivity contribution in [2.75, 3.05) is 26.2 Å². The maximum Gasteiger partial charge on any atom is 0.251 e. The van der Waals surface area contributed by atoms with E-state index in [4.69, 9.17) is 0 Å². The molecule has 1 amide bonds. The van der Waals surface area contributed by atoms with Crippen LogP contribution >= 0.6 is 11.3 Å². The molecular formula is C23H33N3O3S2. The quantitative estimate of drug-likeness (QED) is 0.607. The van der Waals surface area contributed by atoms with E-state index in [1.54, 1.807) is 39.9 Å². The van der Waals surface area contributed by atoms with Crippen molar-refractivity contribution >= 4 is 27.3 Å². The van der Waals surface area contributed by atoms with E-state index in [2.05, 4.69) is 40.9 Å². The lowest BCUT2D eigenvalue weighted by molar-refractivity contribution is 0.0935. The number of carbonyl (C=O) groups is 1. The third-order valence-corrected chi connectivity index (χ3v) is 8.83. The Bertz CT molecular complexity index is 939. The topological polar surface area (TPSA) is 69.7 Å². The highest BCUT2D eigenvalue weighted by atomic mass is 32.2. The molecule has 1 fully saturated rings. The molecule has 8 heteroatoms. The lowest BCUT2D eigenvalue weighted by atomic mass is 10.1. The highest BCUT2D eigenvalue weighted by molar-refractivity contribution is 7.89. The molecule has 31 heavy (non-hydrogen) atoms. The van der Waals surface area contributed by atoms with Gasteiger partial charge in [-0.25, -0.2) is 8.42 Å². The molecule has 170 valence electrons. The average Bonchev–Trinajstić information content (AvgIpc) is 3.31. The standard InChI is InChI=1S/C23H33N3O3S2/c1-4-25(5-2)22(20-13-15-30-17-20)16-24-23(27)19-9-11-21(12-10-19)31(28,29)26-14-7-6-8-18(26)3/h9-13,15,17-18,22H,4-8,14,16H2,1-3H3,(H,24,27)/t18-,22-/m1/s1. The van der Waals surface area contributed by atoms with Gasteiger partial charge in [-0.2, -0.15) is 15.6 Å². The Labute approximate surface area is 190 Å². The van der Waals surface area contributed by atoms with Crippen LogP contribution in [-0.4, -0.2) is 55.8 Å². The summed E-state index contributed by atoms with van der Waals surface area (Å²) in [5, 5.41) is 7.20. The summed E-state index contributed by atoms with van der Waals surface area (Å²) in [7, 11) is -3.53. The molecule has 0 saturated carbocycles. The Morgan fingerprint density at radius 3 is 2.48 bits per heavy atom. The van der Waals surface area contributed by atoms with Crippen molar-refractivity contribution in [3.05, 3.63) is 52.2 Å². The van der Waals surface area contributed by atoms with Crippen molar-refractivity contribution in [3.63, 3.8) is 0 Å². The molecule has 3 rings (SSSR count). The summed E-state index contributed by atoms with van der Waals surface area (Å²) in [5.41, 5.74) is 1.67. The van der Waals surface area contributed by atoms with E-state index < -0.39 is 10.0 Å². The summed E-state index contributed by atoms with van der Waals surface area (Å²) in [5.74, 6) is -0.192. The van der Waals surface area contributed by atoms with Crippen LogP contribution in [0, 0.1) is 0 Å². The molecule has 1 aliphatic heterocycles. The van der Waals surface area contributed by atoms with Crippen LogP contribution in [0.3, 0.4) is 0 Å². The fourth-order valence-electron chi connectivity index (χ4n) is 4.22. The smallest absolute Gasteiger partial charge is 0.251 e. The van der Waals surface area contributed by atoms with E-state index in [0.29, 0.717) is 18.7 Å². The second kappa shape index (κ2) is 10.7. The summed E-state index contributed by atoms with van der Waals surface area (Å²) >= 11 is 1.65. The first-order valence-corrected chi connectivity index (χ1v) is 13.4. The normalized spacial score (nSPS) is 18.8. The van der Waals surface area contributed by atoms with E-state index in [1.165, 1.54) is 5.56 Å². The first-order chi connectivity index (χ1) is 14.9. The fourth-order valence-corrected chi connectivity index (χ4v) is 6.63. The van der Waals surface area contributed by atoms with Gasteiger partial charge in [0.05, 0.1) is 10.9 Å². The number of hydrogen-bond donors (Lipinski definition) is 1. The van der Waals surface area contributed by atoms with Crippen molar-refractivity contribution in [2.24, 2.45) is 0 Å². The fraction of sp³-hybridized carbons (Fsp3) is 0.522. The van der Waals surface area contributed by atoms with Crippen LogP contribution in [0.1, 0.15) is 62.0 Å². The van der Waals surface area contributed by atoms with Crippen LogP contribution in [0.4, 0.5) is 0 Å². The van der Waals surface area contributed by atoms with Crippen molar-refractivity contribution in [2.45, 2.75) is 57.0 Å². The predicted molar refractivity (Wildman–Crippen MR) is 126 cm³/mol. The minimum absolute atomic E-state index is 0.0100. The third-order valence-electron chi connectivity index (χ3n) is 6.10. The van der Waals surface area contributed by atoms with Gasteiger partial charge < -0.3 is 5.32 Å². The largest absolute Gasteiger partial charge is 0.350 e. The van der Waals surface area contributed by atoms with Crippen LogP contribution in [0.25, 0.3) is 0 Å². The molecule has 0 unspecified atom stereocenters. The first kappa shape index (κ1) is 23.9. The molecule has 0 bridgehead atoms. The minimum atomic E-state index is -3.53. The Hall–Kier alpha value is -1.74. The van der Waals surface area contributed by atoms with Crippen molar-refractivity contribution in [3.8, 4) is 0 Å². The van der Waals surface area contributed by atoms with E-state index in [0.717, 1.165) is 32.4 Å². The molecule has 1 aromatic carbocycles. The number of amides is 1. The molecular weight excluding hydrogens is 430 g/mol. The van der Waals surface area contributed by atoms with Gasteiger partial charge in [-0.15, -0.1) is 0 Å². The number of likely N-dealkylation sites (N-methyl/N-ethyl adjacent to an activating group) is 1. The Morgan fingerprint density at radius 2 is 1.90 bits per heavy atom. The van der Waals surface area contributed by atoms with Crippen molar-refractivity contribution in [1.29, 1.82) is 0 Å². The van der Waals surface area contributed by atoms with E-state index >= 15 is 0 Å². The number of thiophene rings is 1. The van der Waals surface area contributed by atoms with Gasteiger partial charge in [-0.1, -0.05) is 20.3 Å². The van der Waals surface area contributed by atoms with Gasteiger partial charge in [0.15, 0.2) is 0 Å². The highest BCUT2D eigenvalue weighted by Crippen LogP contribution is 2.26. The molecule has 1 saturated heterocycles. The lowest BCUT2D eigenvalue weighted by Gasteiger charge is -2.32. The summed E-state index contributed by atoms with van der Waals surface area (Å²) in [6.45, 7) is 9.05. The molecule has 2 heterocycles. The summed E-state index contributed by atoms with van der Waals surface area (Å²) in [4.78, 5) is 15.3. The summed E-state index contributed by atoms with van der Waals surface area (Å²) in [6.07, 6.45) is 2.84. The average molecular weight is 464 g/mol. The number of hydrogen-bond acceptors (Lipinski definition) is 5. The van der Waals surface area contributed by atoms with E-state index in [9.17, 15) is 13.2 Å².